The monoisotopic (exact) mass is 487 g/mol. The molecule has 2 rings (SSSR count). The molecule has 0 fully saturated rings. The lowest BCUT2D eigenvalue weighted by molar-refractivity contribution is 0.386. The van der Waals surface area contributed by atoms with E-state index in [0.29, 0.717) is 19.0 Å². The summed E-state index contributed by atoms with van der Waals surface area (Å²) in [5.74, 6) is 1.34. The van der Waals surface area contributed by atoms with E-state index in [9.17, 15) is 4.39 Å². The Hall–Kier alpha value is -2.03. The minimum absolute atomic E-state index is 0. The van der Waals surface area contributed by atoms with Crippen molar-refractivity contribution in [1.29, 1.82) is 0 Å². The van der Waals surface area contributed by atoms with Crippen molar-refractivity contribution >= 4 is 29.9 Å². The normalized spacial score (nSPS) is 10.8. The second-order valence-electron chi connectivity index (χ2n) is 5.83. The number of guanidine groups is 1. The first-order valence-corrected chi connectivity index (χ1v) is 8.55. The first kappa shape index (κ1) is 23.0. The Bertz CT molecular complexity index is 769. The lowest BCUT2D eigenvalue weighted by Gasteiger charge is -2.14. The number of halogens is 2. The fourth-order valence-corrected chi connectivity index (χ4v) is 2.50. The molecule has 0 heterocycles. The maximum absolute atomic E-state index is 13.8. The van der Waals surface area contributed by atoms with Gasteiger partial charge in [-0.3, -0.25) is 0 Å². The van der Waals surface area contributed by atoms with Gasteiger partial charge in [0, 0.05) is 18.7 Å². The number of aryl methyl sites for hydroxylation is 1. The van der Waals surface area contributed by atoms with Gasteiger partial charge in [0.05, 0.1) is 20.8 Å². The molecule has 5 nitrogen and oxygen atoms in total. The van der Waals surface area contributed by atoms with Gasteiger partial charge in [-0.05, 0) is 43.2 Å². The first-order valence-electron chi connectivity index (χ1n) is 8.55. The zero-order valence-corrected chi connectivity index (χ0v) is 18.5. The van der Waals surface area contributed by atoms with Crippen LogP contribution in [0.4, 0.5) is 4.39 Å². The van der Waals surface area contributed by atoms with Crippen LogP contribution in [0.2, 0.25) is 0 Å². The van der Waals surface area contributed by atoms with Crippen molar-refractivity contribution in [3.63, 3.8) is 0 Å². The van der Waals surface area contributed by atoms with E-state index in [-0.39, 0.29) is 35.5 Å². The zero-order chi connectivity index (χ0) is 18.9. The number of nitrogens with zero attached hydrogens (tertiary/aromatic N) is 1. The molecule has 0 unspecified atom stereocenters. The summed E-state index contributed by atoms with van der Waals surface area (Å²) in [5, 5.41) is 6.47. The highest BCUT2D eigenvalue weighted by atomic mass is 127. The van der Waals surface area contributed by atoms with Crippen LogP contribution < -0.4 is 20.1 Å². The van der Waals surface area contributed by atoms with E-state index < -0.39 is 0 Å². The summed E-state index contributed by atoms with van der Waals surface area (Å²) >= 11 is 0. The van der Waals surface area contributed by atoms with Gasteiger partial charge < -0.3 is 20.1 Å². The second-order valence-corrected chi connectivity index (χ2v) is 5.83. The highest BCUT2D eigenvalue weighted by molar-refractivity contribution is 14.0. The Kier molecular flexibility index (Phi) is 9.92. The number of benzene rings is 2. The third-order valence-electron chi connectivity index (χ3n) is 3.87. The van der Waals surface area contributed by atoms with E-state index in [1.165, 1.54) is 13.2 Å². The van der Waals surface area contributed by atoms with E-state index in [0.717, 1.165) is 29.0 Å². The second kappa shape index (κ2) is 11.6. The van der Waals surface area contributed by atoms with Crippen LogP contribution in [0, 0.1) is 12.7 Å². The van der Waals surface area contributed by atoms with Crippen molar-refractivity contribution in [3.05, 3.63) is 58.9 Å². The van der Waals surface area contributed by atoms with Gasteiger partial charge in [0.25, 0.3) is 0 Å². The molecule has 2 aromatic carbocycles. The number of hydrogen-bond acceptors (Lipinski definition) is 3. The highest BCUT2D eigenvalue weighted by Crippen LogP contribution is 2.20. The van der Waals surface area contributed by atoms with Crippen molar-refractivity contribution in [2.24, 2.45) is 4.99 Å². The molecule has 0 saturated heterocycles. The number of ether oxygens (including phenoxy) is 2. The number of methoxy groups -OCH3 is 2. The van der Waals surface area contributed by atoms with Crippen LogP contribution in [0.15, 0.2) is 41.4 Å². The molecular weight excluding hydrogens is 460 g/mol. The van der Waals surface area contributed by atoms with Crippen LogP contribution in [0.1, 0.15) is 23.6 Å². The Balaban J connectivity index is 0.00000364. The van der Waals surface area contributed by atoms with Gasteiger partial charge in [-0.25, -0.2) is 9.38 Å². The largest absolute Gasteiger partial charge is 0.496 e. The molecule has 0 saturated carbocycles. The Labute approximate surface area is 177 Å². The topological polar surface area (TPSA) is 54.9 Å². The predicted octanol–water partition coefficient (Wildman–Crippen LogP) is 4.02. The van der Waals surface area contributed by atoms with Gasteiger partial charge in [0.1, 0.15) is 5.75 Å². The SMILES string of the molecule is CCNC(=NCc1ccc(OC)c(F)c1)NCc1ccc(C)cc1OC.I. The third-order valence-corrected chi connectivity index (χ3v) is 3.87. The Morgan fingerprint density at radius 3 is 2.41 bits per heavy atom. The lowest BCUT2D eigenvalue weighted by atomic mass is 10.1. The van der Waals surface area contributed by atoms with Crippen molar-refractivity contribution in [2.45, 2.75) is 26.9 Å². The maximum Gasteiger partial charge on any atom is 0.191 e. The molecule has 0 aliphatic rings. The summed E-state index contributed by atoms with van der Waals surface area (Å²) in [4.78, 5) is 4.51. The Morgan fingerprint density at radius 1 is 1.04 bits per heavy atom. The van der Waals surface area contributed by atoms with Crippen LogP contribution in [0.25, 0.3) is 0 Å². The minimum Gasteiger partial charge on any atom is -0.496 e. The van der Waals surface area contributed by atoms with Gasteiger partial charge in [0.15, 0.2) is 17.5 Å². The predicted molar refractivity (Wildman–Crippen MR) is 118 cm³/mol. The molecule has 2 aromatic rings. The van der Waals surface area contributed by atoms with E-state index in [2.05, 4.69) is 15.6 Å². The molecular formula is C20H27FIN3O2. The van der Waals surface area contributed by atoms with Gasteiger partial charge >= 0.3 is 0 Å². The summed E-state index contributed by atoms with van der Waals surface area (Å²) in [6, 6.07) is 10.9. The summed E-state index contributed by atoms with van der Waals surface area (Å²) < 4.78 is 24.2. The summed E-state index contributed by atoms with van der Waals surface area (Å²) in [6.45, 7) is 5.69. The zero-order valence-electron chi connectivity index (χ0n) is 16.1. The smallest absolute Gasteiger partial charge is 0.191 e. The van der Waals surface area contributed by atoms with Crippen LogP contribution in [0.3, 0.4) is 0 Å². The summed E-state index contributed by atoms with van der Waals surface area (Å²) in [6.07, 6.45) is 0. The van der Waals surface area contributed by atoms with Crippen LogP contribution >= 0.6 is 24.0 Å². The fourth-order valence-electron chi connectivity index (χ4n) is 2.50. The van der Waals surface area contributed by atoms with Gasteiger partial charge in [-0.1, -0.05) is 18.2 Å². The van der Waals surface area contributed by atoms with Crippen molar-refractivity contribution in [2.75, 3.05) is 20.8 Å². The van der Waals surface area contributed by atoms with Crippen molar-refractivity contribution in [3.8, 4) is 11.5 Å². The molecule has 7 heteroatoms. The van der Waals surface area contributed by atoms with Gasteiger partial charge in [-0.15, -0.1) is 24.0 Å². The van der Waals surface area contributed by atoms with Crippen LogP contribution in [-0.2, 0) is 13.1 Å². The minimum atomic E-state index is -0.387. The molecule has 0 radical (unpaired) electrons. The molecule has 0 aromatic heterocycles. The molecule has 0 amide bonds. The molecule has 27 heavy (non-hydrogen) atoms. The average molecular weight is 487 g/mol. The average Bonchev–Trinajstić information content (AvgIpc) is 2.64. The lowest BCUT2D eigenvalue weighted by Crippen LogP contribution is -2.36. The van der Waals surface area contributed by atoms with Crippen LogP contribution in [0.5, 0.6) is 11.5 Å². The van der Waals surface area contributed by atoms with E-state index in [4.69, 9.17) is 9.47 Å². The standard InChI is InChI=1S/C20H26FN3O2.HI/c1-5-22-20(23-12-15-7-9-18(25-3)17(21)11-15)24-13-16-8-6-14(2)10-19(16)26-4;/h6-11H,5,12-13H2,1-4H3,(H2,22,23,24);1H. The maximum atomic E-state index is 13.8. The summed E-state index contributed by atoms with van der Waals surface area (Å²) in [7, 11) is 3.11. The quantitative estimate of drug-likeness (QED) is 0.352. The first-order chi connectivity index (χ1) is 12.6. The third kappa shape index (κ3) is 6.89. The fraction of sp³-hybridized carbons (Fsp3) is 0.350. The van der Waals surface area contributed by atoms with E-state index in [1.807, 2.05) is 32.0 Å². The molecule has 0 bridgehead atoms. The van der Waals surface area contributed by atoms with E-state index in [1.54, 1.807) is 19.2 Å². The van der Waals surface area contributed by atoms with Crippen molar-refractivity contribution in [1.82, 2.24) is 10.6 Å². The molecule has 0 aliphatic carbocycles. The number of nitrogens with one attached hydrogen (secondary N) is 2. The molecule has 0 spiro atoms. The number of hydrogen-bond donors (Lipinski definition) is 2. The Morgan fingerprint density at radius 2 is 1.78 bits per heavy atom. The van der Waals surface area contributed by atoms with Gasteiger partial charge in [-0.2, -0.15) is 0 Å². The number of rotatable bonds is 7. The van der Waals surface area contributed by atoms with Gasteiger partial charge in [0.2, 0.25) is 0 Å². The summed E-state index contributed by atoms with van der Waals surface area (Å²) in [5.41, 5.74) is 2.96. The number of aliphatic imine (C=N–C) groups is 1. The molecule has 0 aliphatic heterocycles. The van der Waals surface area contributed by atoms with Crippen LogP contribution in [-0.4, -0.2) is 26.7 Å². The highest BCUT2D eigenvalue weighted by Gasteiger charge is 2.06. The van der Waals surface area contributed by atoms with Crippen molar-refractivity contribution < 1.29 is 13.9 Å². The molecule has 2 N–H and O–H groups in total. The molecule has 0 atom stereocenters. The van der Waals surface area contributed by atoms with E-state index >= 15 is 0 Å². The molecule has 148 valence electrons.